The average molecular weight is 268 g/mol. The fraction of sp³-hybridized carbons (Fsp3) is 0.385. The minimum atomic E-state index is 0.137. The summed E-state index contributed by atoms with van der Waals surface area (Å²) in [4.78, 5) is 1.21. The molecule has 17 heavy (non-hydrogen) atoms. The van der Waals surface area contributed by atoms with Crippen LogP contribution in [0, 0.1) is 5.92 Å². The van der Waals surface area contributed by atoms with Crippen molar-refractivity contribution in [2.24, 2.45) is 5.92 Å². The zero-order valence-electron chi connectivity index (χ0n) is 9.52. The Morgan fingerprint density at radius 2 is 2.29 bits per heavy atom. The highest BCUT2D eigenvalue weighted by Gasteiger charge is 2.35. The topological polar surface area (TPSA) is 25.2 Å². The zero-order chi connectivity index (χ0) is 11.8. The van der Waals surface area contributed by atoms with Crippen LogP contribution >= 0.6 is 22.9 Å². The second-order valence-corrected chi connectivity index (χ2v) is 6.32. The highest BCUT2D eigenvalue weighted by Crippen LogP contribution is 2.36. The Balaban J connectivity index is 1.85. The first-order valence-electron chi connectivity index (χ1n) is 5.78. The Morgan fingerprint density at radius 1 is 1.47 bits per heavy atom. The lowest BCUT2D eigenvalue weighted by Crippen LogP contribution is -2.24. The summed E-state index contributed by atoms with van der Waals surface area (Å²) in [6, 6.07) is 8.69. The minimum absolute atomic E-state index is 0.137. The summed E-state index contributed by atoms with van der Waals surface area (Å²) in [5.41, 5.74) is 0. The summed E-state index contributed by atoms with van der Waals surface area (Å²) >= 11 is 7.61. The van der Waals surface area contributed by atoms with Crippen LogP contribution in [-0.4, -0.2) is 6.04 Å². The molecule has 0 aromatic carbocycles. The molecule has 1 aliphatic carbocycles. The third-order valence-electron chi connectivity index (χ3n) is 3.20. The smallest absolute Gasteiger partial charge is 0.126 e. The van der Waals surface area contributed by atoms with Gasteiger partial charge in [-0.15, -0.1) is 11.3 Å². The van der Waals surface area contributed by atoms with Gasteiger partial charge in [0.05, 0.1) is 10.6 Å². The molecular formula is C13H14ClNOS. The van der Waals surface area contributed by atoms with Gasteiger partial charge in [0.2, 0.25) is 0 Å². The Kier molecular flexibility index (Phi) is 2.99. The molecule has 0 amide bonds. The highest BCUT2D eigenvalue weighted by atomic mass is 35.5. The van der Waals surface area contributed by atoms with E-state index >= 15 is 0 Å². The first-order valence-corrected chi connectivity index (χ1v) is 6.98. The van der Waals surface area contributed by atoms with Gasteiger partial charge >= 0.3 is 0 Å². The van der Waals surface area contributed by atoms with Crippen LogP contribution in [0.2, 0.25) is 4.34 Å². The van der Waals surface area contributed by atoms with E-state index in [1.54, 1.807) is 17.6 Å². The van der Waals surface area contributed by atoms with Crippen molar-refractivity contribution in [3.8, 4) is 0 Å². The SMILES string of the molecule is CC1CC1NC(c1ccco1)c1ccc(Cl)s1. The van der Waals surface area contributed by atoms with Gasteiger partial charge in [-0.2, -0.15) is 0 Å². The van der Waals surface area contributed by atoms with E-state index in [9.17, 15) is 0 Å². The fourth-order valence-electron chi connectivity index (χ4n) is 2.01. The van der Waals surface area contributed by atoms with Crippen molar-refractivity contribution in [2.45, 2.75) is 25.4 Å². The van der Waals surface area contributed by atoms with Crippen molar-refractivity contribution in [2.75, 3.05) is 0 Å². The van der Waals surface area contributed by atoms with Crippen molar-refractivity contribution in [1.82, 2.24) is 5.32 Å². The monoisotopic (exact) mass is 267 g/mol. The van der Waals surface area contributed by atoms with Gasteiger partial charge in [0.1, 0.15) is 11.8 Å². The largest absolute Gasteiger partial charge is 0.467 e. The third-order valence-corrected chi connectivity index (χ3v) is 4.49. The molecule has 1 saturated carbocycles. The van der Waals surface area contributed by atoms with Gasteiger partial charge < -0.3 is 4.42 Å². The van der Waals surface area contributed by atoms with Crippen molar-refractivity contribution < 1.29 is 4.42 Å². The molecule has 3 rings (SSSR count). The number of nitrogens with one attached hydrogen (secondary N) is 1. The lowest BCUT2D eigenvalue weighted by atomic mass is 10.2. The third kappa shape index (κ3) is 2.41. The molecule has 1 aliphatic rings. The molecule has 3 unspecified atom stereocenters. The lowest BCUT2D eigenvalue weighted by molar-refractivity contribution is 0.443. The maximum Gasteiger partial charge on any atom is 0.126 e. The van der Waals surface area contributed by atoms with Crippen LogP contribution in [0.25, 0.3) is 0 Å². The summed E-state index contributed by atoms with van der Waals surface area (Å²) in [5, 5.41) is 3.63. The van der Waals surface area contributed by atoms with Gasteiger partial charge in [0.15, 0.2) is 0 Å². The number of rotatable bonds is 4. The van der Waals surface area contributed by atoms with Crippen molar-refractivity contribution >= 4 is 22.9 Å². The van der Waals surface area contributed by atoms with Gasteiger partial charge in [0.25, 0.3) is 0 Å². The molecule has 2 aromatic rings. The van der Waals surface area contributed by atoms with Gasteiger partial charge in [-0.1, -0.05) is 18.5 Å². The van der Waals surface area contributed by atoms with Crippen LogP contribution < -0.4 is 5.32 Å². The van der Waals surface area contributed by atoms with E-state index in [0.29, 0.717) is 6.04 Å². The molecule has 3 atom stereocenters. The van der Waals surface area contributed by atoms with Crippen molar-refractivity contribution in [1.29, 1.82) is 0 Å². The van der Waals surface area contributed by atoms with E-state index in [1.165, 1.54) is 11.3 Å². The number of furan rings is 1. The van der Waals surface area contributed by atoms with E-state index in [-0.39, 0.29) is 6.04 Å². The van der Waals surface area contributed by atoms with E-state index in [2.05, 4.69) is 18.3 Å². The van der Waals surface area contributed by atoms with E-state index in [4.69, 9.17) is 16.0 Å². The number of halogens is 1. The fourth-order valence-corrected chi connectivity index (χ4v) is 3.14. The Bertz CT molecular complexity index is 493. The molecule has 0 spiro atoms. The first kappa shape index (κ1) is 11.3. The first-order chi connectivity index (χ1) is 8.24. The molecule has 0 aliphatic heterocycles. The minimum Gasteiger partial charge on any atom is -0.467 e. The number of thiophene rings is 1. The maximum atomic E-state index is 6.01. The molecule has 4 heteroatoms. The van der Waals surface area contributed by atoms with Crippen LogP contribution in [0.3, 0.4) is 0 Å². The van der Waals surface area contributed by atoms with Crippen LogP contribution in [0.1, 0.15) is 30.0 Å². The molecule has 0 radical (unpaired) electrons. The Hall–Kier alpha value is -0.770. The summed E-state index contributed by atoms with van der Waals surface area (Å²) in [6.45, 7) is 2.26. The molecule has 90 valence electrons. The second-order valence-electron chi connectivity index (χ2n) is 4.58. The van der Waals surface area contributed by atoms with Crippen LogP contribution in [0.4, 0.5) is 0 Å². The number of hydrogen-bond donors (Lipinski definition) is 1. The second kappa shape index (κ2) is 4.48. The predicted octanol–water partition coefficient (Wildman–Crippen LogP) is 4.08. The van der Waals surface area contributed by atoms with Crippen LogP contribution in [0.5, 0.6) is 0 Å². The lowest BCUT2D eigenvalue weighted by Gasteiger charge is -2.14. The predicted molar refractivity (Wildman–Crippen MR) is 70.6 cm³/mol. The molecule has 1 N–H and O–H groups in total. The van der Waals surface area contributed by atoms with Crippen LogP contribution in [-0.2, 0) is 0 Å². The molecule has 0 saturated heterocycles. The Labute approximate surface area is 110 Å². The molecular weight excluding hydrogens is 254 g/mol. The van der Waals surface area contributed by atoms with Crippen LogP contribution in [0.15, 0.2) is 34.9 Å². The van der Waals surface area contributed by atoms with E-state index < -0.39 is 0 Å². The number of hydrogen-bond acceptors (Lipinski definition) is 3. The normalized spacial score (nSPS) is 24.8. The van der Waals surface area contributed by atoms with Crippen molar-refractivity contribution in [3.63, 3.8) is 0 Å². The summed E-state index contributed by atoms with van der Waals surface area (Å²) in [6.07, 6.45) is 2.96. The zero-order valence-corrected chi connectivity index (χ0v) is 11.1. The van der Waals surface area contributed by atoms with Gasteiger partial charge in [-0.3, -0.25) is 5.32 Å². The summed E-state index contributed by atoms with van der Waals surface area (Å²) in [5.74, 6) is 1.73. The molecule has 2 heterocycles. The molecule has 2 aromatic heterocycles. The highest BCUT2D eigenvalue weighted by molar-refractivity contribution is 7.16. The maximum absolute atomic E-state index is 6.01. The Morgan fingerprint density at radius 3 is 2.82 bits per heavy atom. The molecule has 2 nitrogen and oxygen atoms in total. The van der Waals surface area contributed by atoms with Gasteiger partial charge in [0, 0.05) is 10.9 Å². The summed E-state index contributed by atoms with van der Waals surface area (Å²) < 4.78 is 6.35. The van der Waals surface area contributed by atoms with Gasteiger partial charge in [-0.25, -0.2) is 0 Å². The summed E-state index contributed by atoms with van der Waals surface area (Å²) in [7, 11) is 0. The molecule has 0 bridgehead atoms. The molecule has 1 fully saturated rings. The van der Waals surface area contributed by atoms with E-state index in [1.807, 2.05) is 18.2 Å². The van der Waals surface area contributed by atoms with Gasteiger partial charge in [-0.05, 0) is 36.6 Å². The standard InChI is InChI=1S/C13H14ClNOS/c1-8-7-9(8)15-13(10-3-2-6-16-10)11-4-5-12(14)17-11/h2-6,8-9,13,15H,7H2,1H3. The van der Waals surface area contributed by atoms with Crippen molar-refractivity contribution in [3.05, 3.63) is 45.5 Å². The quantitative estimate of drug-likeness (QED) is 0.903. The van der Waals surface area contributed by atoms with E-state index in [0.717, 1.165) is 16.0 Å². The average Bonchev–Trinajstić information content (AvgIpc) is 2.79.